The van der Waals surface area contributed by atoms with E-state index in [4.69, 9.17) is 9.84 Å². The first kappa shape index (κ1) is 14.2. The number of aliphatic hydroxyl groups is 1. The van der Waals surface area contributed by atoms with Crippen molar-refractivity contribution in [2.45, 2.75) is 32.4 Å². The van der Waals surface area contributed by atoms with Gasteiger partial charge in [0, 0.05) is 31.8 Å². The maximum Gasteiger partial charge on any atom is 0.142 e. The lowest BCUT2D eigenvalue weighted by atomic mass is 10.1. The van der Waals surface area contributed by atoms with E-state index in [9.17, 15) is 0 Å². The number of hydrogen-bond acceptors (Lipinski definition) is 4. The fourth-order valence-corrected chi connectivity index (χ4v) is 2.64. The molecular formula is C15H24N2O2. The molecule has 0 amide bonds. The maximum absolute atomic E-state index is 9.10. The molecular weight excluding hydrogens is 240 g/mol. The molecule has 2 atom stereocenters. The van der Waals surface area contributed by atoms with Crippen molar-refractivity contribution in [3.63, 3.8) is 0 Å². The molecule has 0 bridgehead atoms. The van der Waals surface area contributed by atoms with E-state index < -0.39 is 0 Å². The Morgan fingerprint density at radius 3 is 2.95 bits per heavy atom. The highest BCUT2D eigenvalue weighted by molar-refractivity contribution is 5.61. The first-order chi connectivity index (χ1) is 9.15. The molecule has 0 radical (unpaired) electrons. The molecule has 0 aliphatic carbocycles. The van der Waals surface area contributed by atoms with Crippen LogP contribution in [0.3, 0.4) is 0 Å². The van der Waals surface area contributed by atoms with Gasteiger partial charge in [-0.3, -0.25) is 0 Å². The van der Waals surface area contributed by atoms with Crippen LogP contribution in [-0.4, -0.2) is 44.0 Å². The average molecular weight is 264 g/mol. The summed E-state index contributed by atoms with van der Waals surface area (Å²) >= 11 is 0. The van der Waals surface area contributed by atoms with Gasteiger partial charge in [0.1, 0.15) is 5.75 Å². The minimum absolute atomic E-state index is 0.227. The molecule has 2 unspecified atom stereocenters. The molecule has 0 spiro atoms. The van der Waals surface area contributed by atoms with Crippen LogP contribution in [0.1, 0.15) is 18.9 Å². The summed E-state index contributed by atoms with van der Waals surface area (Å²) in [6, 6.07) is 7.04. The van der Waals surface area contributed by atoms with Crippen molar-refractivity contribution >= 4 is 5.69 Å². The van der Waals surface area contributed by atoms with Crippen LogP contribution >= 0.6 is 0 Å². The summed E-state index contributed by atoms with van der Waals surface area (Å²) < 4.78 is 5.49. The quantitative estimate of drug-likeness (QED) is 0.866. The van der Waals surface area contributed by atoms with E-state index in [1.165, 1.54) is 5.56 Å². The van der Waals surface area contributed by atoms with Gasteiger partial charge in [0.25, 0.3) is 0 Å². The predicted octanol–water partition coefficient (Wildman–Crippen LogP) is 1.55. The number of benzene rings is 1. The van der Waals surface area contributed by atoms with Crippen molar-refractivity contribution in [1.82, 2.24) is 5.32 Å². The van der Waals surface area contributed by atoms with Crippen molar-refractivity contribution in [3.8, 4) is 5.75 Å². The van der Waals surface area contributed by atoms with Crippen LogP contribution in [0.2, 0.25) is 0 Å². The highest BCUT2D eigenvalue weighted by Crippen LogP contribution is 2.31. The lowest BCUT2D eigenvalue weighted by Gasteiger charge is -2.41. The largest absolute Gasteiger partial charge is 0.495 e. The van der Waals surface area contributed by atoms with Crippen molar-refractivity contribution in [2.75, 3.05) is 31.7 Å². The van der Waals surface area contributed by atoms with E-state index in [1.54, 1.807) is 7.11 Å². The molecule has 4 heteroatoms. The summed E-state index contributed by atoms with van der Waals surface area (Å²) in [6.45, 7) is 6.37. The molecule has 4 nitrogen and oxygen atoms in total. The van der Waals surface area contributed by atoms with Crippen molar-refractivity contribution in [1.29, 1.82) is 0 Å². The van der Waals surface area contributed by atoms with Crippen LogP contribution in [0.25, 0.3) is 0 Å². The minimum atomic E-state index is 0.227. The van der Waals surface area contributed by atoms with Gasteiger partial charge < -0.3 is 20.1 Å². The lowest BCUT2D eigenvalue weighted by molar-refractivity contribution is 0.254. The van der Waals surface area contributed by atoms with Gasteiger partial charge in [0.05, 0.1) is 12.8 Å². The van der Waals surface area contributed by atoms with Crippen LogP contribution in [0, 0.1) is 6.92 Å². The third-order valence-electron chi connectivity index (χ3n) is 3.77. The molecule has 2 rings (SSSR count). The first-order valence-electron chi connectivity index (χ1n) is 6.91. The molecule has 1 aliphatic heterocycles. The number of aryl methyl sites for hydroxylation is 1. The zero-order valence-electron chi connectivity index (χ0n) is 12.0. The number of nitrogens with one attached hydrogen (secondary N) is 1. The zero-order chi connectivity index (χ0) is 13.8. The van der Waals surface area contributed by atoms with E-state index in [1.807, 2.05) is 6.07 Å². The highest BCUT2D eigenvalue weighted by atomic mass is 16.5. The molecule has 2 N–H and O–H groups in total. The number of methoxy groups -OCH3 is 1. The molecule has 1 aromatic carbocycles. The number of anilines is 1. The molecule has 0 saturated carbocycles. The third kappa shape index (κ3) is 3.19. The Morgan fingerprint density at radius 1 is 1.47 bits per heavy atom. The summed E-state index contributed by atoms with van der Waals surface area (Å²) in [7, 11) is 1.71. The number of ether oxygens (including phenoxy) is 1. The van der Waals surface area contributed by atoms with E-state index in [0.717, 1.165) is 30.9 Å². The van der Waals surface area contributed by atoms with Gasteiger partial charge in [-0.05, 0) is 38.0 Å². The van der Waals surface area contributed by atoms with Crippen molar-refractivity contribution in [3.05, 3.63) is 23.8 Å². The number of rotatable bonds is 4. The topological polar surface area (TPSA) is 44.7 Å². The Labute approximate surface area is 115 Å². The highest BCUT2D eigenvalue weighted by Gasteiger charge is 2.26. The van der Waals surface area contributed by atoms with Crippen LogP contribution in [0.4, 0.5) is 5.69 Å². The van der Waals surface area contributed by atoms with Gasteiger partial charge in [0.2, 0.25) is 0 Å². The number of piperazine rings is 1. The van der Waals surface area contributed by atoms with Gasteiger partial charge in [-0.2, -0.15) is 0 Å². The lowest BCUT2D eigenvalue weighted by Crippen LogP contribution is -2.55. The van der Waals surface area contributed by atoms with Gasteiger partial charge in [-0.25, -0.2) is 0 Å². The normalized spacial score (nSPS) is 23.5. The predicted molar refractivity (Wildman–Crippen MR) is 78.0 cm³/mol. The summed E-state index contributed by atoms with van der Waals surface area (Å²) in [4.78, 5) is 2.38. The smallest absolute Gasteiger partial charge is 0.142 e. The summed E-state index contributed by atoms with van der Waals surface area (Å²) in [5.74, 6) is 0.919. The van der Waals surface area contributed by atoms with Crippen LogP contribution in [0.15, 0.2) is 18.2 Å². The molecule has 1 fully saturated rings. The van der Waals surface area contributed by atoms with Gasteiger partial charge >= 0.3 is 0 Å². The molecule has 106 valence electrons. The summed E-state index contributed by atoms with van der Waals surface area (Å²) in [5, 5.41) is 12.6. The van der Waals surface area contributed by atoms with Crippen LogP contribution in [-0.2, 0) is 0 Å². The second kappa shape index (κ2) is 6.26. The van der Waals surface area contributed by atoms with Gasteiger partial charge in [-0.1, -0.05) is 6.07 Å². The average Bonchev–Trinajstić information content (AvgIpc) is 2.41. The first-order valence-corrected chi connectivity index (χ1v) is 6.91. The molecule has 1 heterocycles. The molecule has 1 saturated heterocycles. The third-order valence-corrected chi connectivity index (χ3v) is 3.77. The zero-order valence-corrected chi connectivity index (χ0v) is 12.0. The van der Waals surface area contributed by atoms with E-state index in [-0.39, 0.29) is 6.61 Å². The number of nitrogens with zero attached hydrogens (tertiary/aromatic N) is 1. The Kier molecular flexibility index (Phi) is 4.66. The molecule has 0 aromatic heterocycles. The Hall–Kier alpha value is -1.26. The van der Waals surface area contributed by atoms with E-state index >= 15 is 0 Å². The minimum Gasteiger partial charge on any atom is -0.495 e. The Balaban J connectivity index is 2.25. The van der Waals surface area contributed by atoms with Crippen LogP contribution < -0.4 is 15.0 Å². The fourth-order valence-electron chi connectivity index (χ4n) is 2.64. The summed E-state index contributed by atoms with van der Waals surface area (Å²) in [5.41, 5.74) is 2.39. The van der Waals surface area contributed by atoms with E-state index in [0.29, 0.717) is 12.1 Å². The maximum atomic E-state index is 9.10. The number of aliphatic hydroxyl groups excluding tert-OH is 1. The molecule has 1 aliphatic rings. The molecule has 1 aromatic rings. The second-order valence-electron chi connectivity index (χ2n) is 5.29. The SMILES string of the molecule is COc1ccc(C)cc1N1CC(CCO)NCC1C. The monoisotopic (exact) mass is 264 g/mol. The van der Waals surface area contributed by atoms with Gasteiger partial charge in [0.15, 0.2) is 0 Å². The Morgan fingerprint density at radius 2 is 2.26 bits per heavy atom. The standard InChI is InChI=1S/C15H24N2O2/c1-11-4-5-15(19-3)14(8-11)17-10-13(6-7-18)16-9-12(17)2/h4-5,8,12-13,16,18H,6-7,9-10H2,1-3H3. The summed E-state index contributed by atoms with van der Waals surface area (Å²) in [6.07, 6.45) is 0.789. The van der Waals surface area contributed by atoms with E-state index in [2.05, 4.69) is 36.2 Å². The fraction of sp³-hybridized carbons (Fsp3) is 0.600. The van der Waals surface area contributed by atoms with Crippen molar-refractivity contribution < 1.29 is 9.84 Å². The Bertz CT molecular complexity index is 423. The number of hydrogen-bond donors (Lipinski definition) is 2. The van der Waals surface area contributed by atoms with Crippen LogP contribution in [0.5, 0.6) is 5.75 Å². The van der Waals surface area contributed by atoms with Crippen molar-refractivity contribution in [2.24, 2.45) is 0 Å². The van der Waals surface area contributed by atoms with Gasteiger partial charge in [-0.15, -0.1) is 0 Å². The molecule has 19 heavy (non-hydrogen) atoms. The second-order valence-corrected chi connectivity index (χ2v) is 5.29.